The van der Waals surface area contributed by atoms with Crippen molar-refractivity contribution in [2.75, 3.05) is 4.90 Å². The molecule has 0 fully saturated rings. The zero-order valence-corrected chi connectivity index (χ0v) is 27.0. The van der Waals surface area contributed by atoms with Gasteiger partial charge in [0.2, 0.25) is 0 Å². The monoisotopic (exact) mass is 623 g/mol. The SMILES string of the molecule is c1ccc(-c2ccc(-c3ccc(N(c4ccc5ccccc5c4)c4cccc5cccc(-c6cccc7ccccc67)c45)cc3)cc2)cc1. The molecule has 0 unspecified atom stereocenters. The van der Waals surface area contributed by atoms with E-state index in [1.165, 1.54) is 65.7 Å². The van der Waals surface area contributed by atoms with Crippen LogP contribution in [0.15, 0.2) is 200 Å². The lowest BCUT2D eigenvalue weighted by atomic mass is 9.92. The van der Waals surface area contributed by atoms with E-state index < -0.39 is 0 Å². The van der Waals surface area contributed by atoms with Gasteiger partial charge in [0.1, 0.15) is 0 Å². The molecule has 230 valence electrons. The van der Waals surface area contributed by atoms with Crippen LogP contribution in [0.1, 0.15) is 0 Å². The highest BCUT2D eigenvalue weighted by Gasteiger charge is 2.19. The Labute approximate surface area is 287 Å². The van der Waals surface area contributed by atoms with Gasteiger partial charge in [-0.1, -0.05) is 170 Å². The summed E-state index contributed by atoms with van der Waals surface area (Å²) in [5.41, 5.74) is 10.7. The fraction of sp³-hybridized carbons (Fsp3) is 0. The van der Waals surface area contributed by atoms with Gasteiger partial charge in [-0.25, -0.2) is 0 Å². The Morgan fingerprint density at radius 1 is 0.286 bits per heavy atom. The van der Waals surface area contributed by atoms with Crippen molar-refractivity contribution in [3.8, 4) is 33.4 Å². The summed E-state index contributed by atoms with van der Waals surface area (Å²) in [6.45, 7) is 0. The number of benzene rings is 9. The standard InChI is InChI=1S/C48H33N/c1-2-11-34(12-3-1)36-23-25-37(26-24-36)38-27-30-42(31-28-38)49(43-32-29-35-13-4-5-15-41(35)33-43)47-22-10-18-40-17-9-21-46(48(40)47)45-20-8-16-39-14-6-7-19-44(39)45/h1-33H. The second kappa shape index (κ2) is 12.3. The summed E-state index contributed by atoms with van der Waals surface area (Å²) in [6.07, 6.45) is 0. The number of anilines is 3. The van der Waals surface area contributed by atoms with E-state index in [0.29, 0.717) is 0 Å². The molecular formula is C48H33N. The van der Waals surface area contributed by atoms with E-state index in [1.54, 1.807) is 0 Å². The van der Waals surface area contributed by atoms with E-state index in [2.05, 4.69) is 205 Å². The van der Waals surface area contributed by atoms with Crippen LogP contribution in [0, 0.1) is 0 Å². The van der Waals surface area contributed by atoms with Crippen LogP contribution in [0.5, 0.6) is 0 Å². The van der Waals surface area contributed by atoms with E-state index in [0.717, 1.165) is 17.1 Å². The summed E-state index contributed by atoms with van der Waals surface area (Å²) >= 11 is 0. The maximum atomic E-state index is 2.42. The smallest absolute Gasteiger partial charge is 0.0546 e. The highest BCUT2D eigenvalue weighted by Crippen LogP contribution is 2.44. The van der Waals surface area contributed by atoms with Crippen LogP contribution in [0.4, 0.5) is 17.1 Å². The van der Waals surface area contributed by atoms with Gasteiger partial charge in [-0.15, -0.1) is 0 Å². The third-order valence-electron chi connectivity index (χ3n) is 9.65. The molecular weight excluding hydrogens is 591 g/mol. The topological polar surface area (TPSA) is 3.24 Å². The molecule has 0 aromatic heterocycles. The number of fused-ring (bicyclic) bond motifs is 3. The molecule has 0 aliphatic rings. The number of hydrogen-bond acceptors (Lipinski definition) is 1. The second-order valence-corrected chi connectivity index (χ2v) is 12.6. The fourth-order valence-corrected chi connectivity index (χ4v) is 7.22. The molecule has 0 N–H and O–H groups in total. The van der Waals surface area contributed by atoms with Crippen molar-refractivity contribution in [2.24, 2.45) is 0 Å². The molecule has 0 saturated heterocycles. The summed E-state index contributed by atoms with van der Waals surface area (Å²) in [7, 11) is 0. The Morgan fingerprint density at radius 2 is 0.796 bits per heavy atom. The first-order chi connectivity index (χ1) is 24.3. The van der Waals surface area contributed by atoms with Crippen LogP contribution in [-0.4, -0.2) is 0 Å². The summed E-state index contributed by atoms with van der Waals surface area (Å²) < 4.78 is 0. The first-order valence-electron chi connectivity index (χ1n) is 16.8. The van der Waals surface area contributed by atoms with Crippen LogP contribution < -0.4 is 4.90 Å². The molecule has 0 spiro atoms. The van der Waals surface area contributed by atoms with Crippen molar-refractivity contribution in [1.29, 1.82) is 0 Å². The number of rotatable bonds is 6. The van der Waals surface area contributed by atoms with E-state index in [9.17, 15) is 0 Å². The average Bonchev–Trinajstić information content (AvgIpc) is 3.18. The lowest BCUT2D eigenvalue weighted by Crippen LogP contribution is -2.11. The van der Waals surface area contributed by atoms with Gasteiger partial charge in [0, 0.05) is 16.8 Å². The Balaban J connectivity index is 1.21. The Morgan fingerprint density at radius 3 is 1.53 bits per heavy atom. The summed E-state index contributed by atoms with van der Waals surface area (Å²) in [5, 5.41) is 7.39. The van der Waals surface area contributed by atoms with Gasteiger partial charge < -0.3 is 4.90 Å². The Hall–Kier alpha value is -6.44. The molecule has 0 aliphatic heterocycles. The molecule has 0 amide bonds. The van der Waals surface area contributed by atoms with Crippen molar-refractivity contribution in [1.82, 2.24) is 0 Å². The molecule has 1 heteroatoms. The normalized spacial score (nSPS) is 11.3. The van der Waals surface area contributed by atoms with Crippen LogP contribution in [-0.2, 0) is 0 Å². The average molecular weight is 624 g/mol. The zero-order valence-electron chi connectivity index (χ0n) is 27.0. The van der Waals surface area contributed by atoms with E-state index in [4.69, 9.17) is 0 Å². The molecule has 9 aromatic carbocycles. The van der Waals surface area contributed by atoms with Gasteiger partial charge in [0.15, 0.2) is 0 Å². The largest absolute Gasteiger partial charge is 0.310 e. The molecule has 0 aliphatic carbocycles. The van der Waals surface area contributed by atoms with E-state index in [1.807, 2.05) is 0 Å². The van der Waals surface area contributed by atoms with E-state index >= 15 is 0 Å². The zero-order chi connectivity index (χ0) is 32.6. The molecule has 9 aromatic rings. The molecule has 0 heterocycles. The first-order valence-corrected chi connectivity index (χ1v) is 16.8. The minimum atomic E-state index is 1.11. The van der Waals surface area contributed by atoms with Crippen LogP contribution in [0.25, 0.3) is 65.7 Å². The predicted octanol–water partition coefficient (Wildman–Crippen LogP) is 13.6. The molecule has 1 nitrogen and oxygen atoms in total. The maximum Gasteiger partial charge on any atom is 0.0546 e. The summed E-state index contributed by atoms with van der Waals surface area (Å²) in [5.74, 6) is 0. The lowest BCUT2D eigenvalue weighted by molar-refractivity contribution is 1.30. The lowest BCUT2D eigenvalue weighted by Gasteiger charge is -2.28. The van der Waals surface area contributed by atoms with Crippen LogP contribution in [0.2, 0.25) is 0 Å². The minimum Gasteiger partial charge on any atom is -0.310 e. The predicted molar refractivity (Wildman–Crippen MR) is 210 cm³/mol. The van der Waals surface area contributed by atoms with Crippen molar-refractivity contribution in [2.45, 2.75) is 0 Å². The fourth-order valence-electron chi connectivity index (χ4n) is 7.22. The molecule has 0 bridgehead atoms. The van der Waals surface area contributed by atoms with Crippen molar-refractivity contribution >= 4 is 49.4 Å². The Kier molecular flexibility index (Phi) is 7.22. The molecule has 0 radical (unpaired) electrons. The molecule has 9 rings (SSSR count). The third-order valence-corrected chi connectivity index (χ3v) is 9.65. The highest BCUT2D eigenvalue weighted by atomic mass is 15.1. The molecule has 0 saturated carbocycles. The van der Waals surface area contributed by atoms with Gasteiger partial charge in [-0.2, -0.15) is 0 Å². The van der Waals surface area contributed by atoms with Gasteiger partial charge in [0.25, 0.3) is 0 Å². The number of nitrogens with zero attached hydrogens (tertiary/aromatic N) is 1. The van der Waals surface area contributed by atoms with Crippen LogP contribution in [0.3, 0.4) is 0 Å². The summed E-state index contributed by atoms with van der Waals surface area (Å²) in [6, 6.07) is 72.5. The van der Waals surface area contributed by atoms with Crippen molar-refractivity contribution < 1.29 is 0 Å². The third kappa shape index (κ3) is 5.32. The highest BCUT2D eigenvalue weighted by molar-refractivity contribution is 6.12. The van der Waals surface area contributed by atoms with Crippen LogP contribution >= 0.6 is 0 Å². The molecule has 49 heavy (non-hydrogen) atoms. The maximum absolute atomic E-state index is 2.42. The minimum absolute atomic E-state index is 1.11. The van der Waals surface area contributed by atoms with Gasteiger partial charge in [-0.05, 0) is 90.6 Å². The number of hydrogen-bond donors (Lipinski definition) is 0. The van der Waals surface area contributed by atoms with E-state index in [-0.39, 0.29) is 0 Å². The first kappa shape index (κ1) is 28.8. The van der Waals surface area contributed by atoms with Crippen molar-refractivity contribution in [3.05, 3.63) is 200 Å². The van der Waals surface area contributed by atoms with Gasteiger partial charge in [-0.3, -0.25) is 0 Å². The van der Waals surface area contributed by atoms with Gasteiger partial charge >= 0.3 is 0 Å². The molecule has 0 atom stereocenters. The summed E-state index contributed by atoms with van der Waals surface area (Å²) in [4.78, 5) is 2.42. The van der Waals surface area contributed by atoms with Crippen molar-refractivity contribution in [3.63, 3.8) is 0 Å². The van der Waals surface area contributed by atoms with Gasteiger partial charge in [0.05, 0.1) is 5.69 Å². The second-order valence-electron chi connectivity index (χ2n) is 12.6. The quantitative estimate of drug-likeness (QED) is 0.178. The Bertz CT molecular complexity index is 2570.